The first-order valence-electron chi connectivity index (χ1n) is 10.1. The van der Waals surface area contributed by atoms with Crippen LogP contribution in [0.15, 0.2) is 30.3 Å². The van der Waals surface area contributed by atoms with Crippen molar-refractivity contribution in [2.75, 3.05) is 0 Å². The molecule has 2 fully saturated rings. The van der Waals surface area contributed by atoms with Crippen LogP contribution in [-0.2, 0) is 0 Å². The molecule has 0 aromatic heterocycles. The smallest absolute Gasteiger partial charge is 0.248 e. The molecule has 2 aromatic carbocycles. The Hall–Kier alpha value is -1.83. The standard InChI is InChI=1S/C23H29NO/c24-23(25)19-12-14-21-18(15-19)11-13-20(16-7-3-1-4-8-16)22(21)17-9-5-2-6-10-17/h11-17H,1-10H2,(H2,24,25). The van der Waals surface area contributed by atoms with Crippen molar-refractivity contribution < 1.29 is 4.79 Å². The fraction of sp³-hybridized carbons (Fsp3) is 0.522. The number of carbonyl (C=O) groups excluding carboxylic acids is 1. The molecule has 0 bridgehead atoms. The van der Waals surface area contributed by atoms with Gasteiger partial charge in [0.15, 0.2) is 0 Å². The Bertz CT molecular complexity index is 767. The van der Waals surface area contributed by atoms with E-state index in [0.29, 0.717) is 11.5 Å². The van der Waals surface area contributed by atoms with Gasteiger partial charge in [-0.25, -0.2) is 0 Å². The number of carbonyl (C=O) groups is 1. The van der Waals surface area contributed by atoms with E-state index in [1.54, 1.807) is 11.1 Å². The molecule has 1 amide bonds. The number of fused-ring (bicyclic) bond motifs is 1. The van der Waals surface area contributed by atoms with Crippen LogP contribution >= 0.6 is 0 Å². The molecule has 0 saturated heterocycles. The lowest BCUT2D eigenvalue weighted by atomic mass is 9.74. The molecule has 132 valence electrons. The van der Waals surface area contributed by atoms with Gasteiger partial charge in [0.25, 0.3) is 0 Å². The van der Waals surface area contributed by atoms with Crippen LogP contribution in [-0.4, -0.2) is 5.91 Å². The SMILES string of the molecule is NC(=O)c1ccc2c(C3CCCCC3)c(C3CCCCC3)ccc2c1. The van der Waals surface area contributed by atoms with Gasteiger partial charge in [0.2, 0.25) is 5.91 Å². The summed E-state index contributed by atoms with van der Waals surface area (Å²) in [5.41, 5.74) is 9.31. The zero-order valence-corrected chi connectivity index (χ0v) is 15.1. The molecule has 4 rings (SSSR count). The van der Waals surface area contributed by atoms with Gasteiger partial charge in [-0.2, -0.15) is 0 Å². The Morgan fingerprint density at radius 3 is 2.08 bits per heavy atom. The van der Waals surface area contributed by atoms with Crippen molar-refractivity contribution in [3.63, 3.8) is 0 Å². The highest BCUT2D eigenvalue weighted by Crippen LogP contribution is 2.44. The molecule has 0 unspecified atom stereocenters. The molecule has 25 heavy (non-hydrogen) atoms. The van der Waals surface area contributed by atoms with Gasteiger partial charge in [0.05, 0.1) is 0 Å². The van der Waals surface area contributed by atoms with Gasteiger partial charge in [-0.3, -0.25) is 4.79 Å². The molecule has 0 atom stereocenters. The van der Waals surface area contributed by atoms with E-state index < -0.39 is 0 Å². The molecule has 2 aliphatic rings. The van der Waals surface area contributed by atoms with Crippen LogP contribution in [0.5, 0.6) is 0 Å². The van der Waals surface area contributed by atoms with Crippen molar-refractivity contribution in [3.05, 3.63) is 47.0 Å². The maximum atomic E-state index is 11.6. The molecule has 0 aliphatic heterocycles. The van der Waals surface area contributed by atoms with Gasteiger partial charge in [-0.15, -0.1) is 0 Å². The minimum absolute atomic E-state index is 0.336. The molecule has 2 aliphatic carbocycles. The Morgan fingerprint density at radius 2 is 1.44 bits per heavy atom. The highest BCUT2D eigenvalue weighted by Gasteiger charge is 2.25. The lowest BCUT2D eigenvalue weighted by molar-refractivity contribution is 0.100. The number of benzene rings is 2. The number of nitrogens with two attached hydrogens (primary N) is 1. The Kier molecular flexibility index (Phi) is 4.78. The number of hydrogen-bond donors (Lipinski definition) is 1. The minimum Gasteiger partial charge on any atom is -0.366 e. The summed E-state index contributed by atoms with van der Waals surface area (Å²) in [5, 5.41) is 2.54. The summed E-state index contributed by atoms with van der Waals surface area (Å²) >= 11 is 0. The second kappa shape index (κ2) is 7.19. The molecular formula is C23H29NO. The topological polar surface area (TPSA) is 43.1 Å². The first-order valence-corrected chi connectivity index (χ1v) is 10.1. The van der Waals surface area contributed by atoms with Crippen LogP contribution in [0.2, 0.25) is 0 Å². The predicted molar refractivity (Wildman–Crippen MR) is 104 cm³/mol. The molecule has 2 saturated carbocycles. The maximum absolute atomic E-state index is 11.6. The van der Waals surface area contributed by atoms with Crippen molar-refractivity contribution >= 4 is 16.7 Å². The number of rotatable bonds is 3. The largest absolute Gasteiger partial charge is 0.366 e. The number of hydrogen-bond acceptors (Lipinski definition) is 1. The highest BCUT2D eigenvalue weighted by atomic mass is 16.1. The molecule has 2 heteroatoms. The van der Waals surface area contributed by atoms with Crippen LogP contribution < -0.4 is 5.73 Å². The van der Waals surface area contributed by atoms with Crippen LogP contribution in [0.3, 0.4) is 0 Å². The molecule has 2 nitrogen and oxygen atoms in total. The minimum atomic E-state index is -0.336. The molecule has 0 spiro atoms. The molecule has 0 radical (unpaired) electrons. The third-order valence-electron chi connectivity index (χ3n) is 6.44. The Morgan fingerprint density at radius 1 is 0.800 bits per heavy atom. The van der Waals surface area contributed by atoms with E-state index in [2.05, 4.69) is 18.2 Å². The highest BCUT2D eigenvalue weighted by molar-refractivity contribution is 5.98. The molecule has 2 N–H and O–H groups in total. The van der Waals surface area contributed by atoms with E-state index in [9.17, 15) is 4.79 Å². The molecule has 0 heterocycles. The van der Waals surface area contributed by atoms with E-state index in [4.69, 9.17) is 5.73 Å². The summed E-state index contributed by atoms with van der Waals surface area (Å²) in [6.07, 6.45) is 13.5. The van der Waals surface area contributed by atoms with Crippen LogP contribution in [0, 0.1) is 0 Å². The normalized spacial score (nSPS) is 20.0. The van der Waals surface area contributed by atoms with E-state index in [-0.39, 0.29) is 5.91 Å². The first kappa shape index (κ1) is 16.6. The van der Waals surface area contributed by atoms with E-state index in [0.717, 1.165) is 5.92 Å². The van der Waals surface area contributed by atoms with Crippen molar-refractivity contribution in [1.29, 1.82) is 0 Å². The van der Waals surface area contributed by atoms with Crippen molar-refractivity contribution in [2.45, 2.75) is 76.0 Å². The van der Waals surface area contributed by atoms with Crippen molar-refractivity contribution in [2.24, 2.45) is 5.73 Å². The average molecular weight is 335 g/mol. The third-order valence-corrected chi connectivity index (χ3v) is 6.44. The summed E-state index contributed by atoms with van der Waals surface area (Å²) in [7, 11) is 0. The fourth-order valence-electron chi connectivity index (χ4n) is 5.14. The van der Waals surface area contributed by atoms with Crippen LogP contribution in [0.25, 0.3) is 10.8 Å². The van der Waals surface area contributed by atoms with Gasteiger partial charge < -0.3 is 5.73 Å². The lowest BCUT2D eigenvalue weighted by Gasteiger charge is -2.31. The van der Waals surface area contributed by atoms with Gasteiger partial charge in [0.1, 0.15) is 0 Å². The van der Waals surface area contributed by atoms with Crippen molar-refractivity contribution in [1.82, 2.24) is 0 Å². The quantitative estimate of drug-likeness (QED) is 0.730. The maximum Gasteiger partial charge on any atom is 0.248 e. The van der Waals surface area contributed by atoms with Gasteiger partial charge in [-0.1, -0.05) is 56.7 Å². The predicted octanol–water partition coefficient (Wildman–Crippen LogP) is 6.03. The third kappa shape index (κ3) is 3.31. The molecule has 2 aromatic rings. The van der Waals surface area contributed by atoms with Gasteiger partial charge in [0, 0.05) is 5.56 Å². The number of amides is 1. The zero-order chi connectivity index (χ0) is 17.2. The number of primary amides is 1. The average Bonchev–Trinajstić information content (AvgIpc) is 2.68. The zero-order valence-electron chi connectivity index (χ0n) is 15.1. The van der Waals surface area contributed by atoms with E-state index >= 15 is 0 Å². The molecular weight excluding hydrogens is 306 g/mol. The lowest BCUT2D eigenvalue weighted by Crippen LogP contribution is -2.14. The second-order valence-corrected chi connectivity index (χ2v) is 8.04. The van der Waals surface area contributed by atoms with Crippen LogP contribution in [0.4, 0.5) is 0 Å². The van der Waals surface area contributed by atoms with E-state index in [1.807, 2.05) is 12.1 Å². The summed E-state index contributed by atoms with van der Waals surface area (Å²) < 4.78 is 0. The summed E-state index contributed by atoms with van der Waals surface area (Å²) in [6, 6.07) is 10.6. The Balaban J connectivity index is 1.85. The summed E-state index contributed by atoms with van der Waals surface area (Å²) in [4.78, 5) is 11.6. The van der Waals surface area contributed by atoms with Crippen molar-refractivity contribution in [3.8, 4) is 0 Å². The van der Waals surface area contributed by atoms with Gasteiger partial charge >= 0.3 is 0 Å². The monoisotopic (exact) mass is 335 g/mol. The summed E-state index contributed by atoms with van der Waals surface area (Å²) in [5.74, 6) is 1.08. The van der Waals surface area contributed by atoms with Crippen LogP contribution in [0.1, 0.15) is 97.5 Å². The van der Waals surface area contributed by atoms with E-state index in [1.165, 1.54) is 75.0 Å². The Labute approximate surface area is 150 Å². The first-order chi connectivity index (χ1) is 12.2. The van der Waals surface area contributed by atoms with Gasteiger partial charge in [-0.05, 0) is 71.6 Å². The fourth-order valence-corrected chi connectivity index (χ4v) is 5.14. The second-order valence-electron chi connectivity index (χ2n) is 8.04. The summed E-state index contributed by atoms with van der Waals surface area (Å²) in [6.45, 7) is 0.